The van der Waals surface area contributed by atoms with Gasteiger partial charge in [-0.25, -0.2) is 8.42 Å². The summed E-state index contributed by atoms with van der Waals surface area (Å²) in [6.07, 6.45) is 1.89. The number of guanidine groups is 1. The highest BCUT2D eigenvalue weighted by atomic mass is 127. The van der Waals surface area contributed by atoms with Crippen LogP contribution in [0.5, 0.6) is 0 Å². The third-order valence-corrected chi connectivity index (χ3v) is 3.80. The second-order valence-electron chi connectivity index (χ2n) is 5.59. The van der Waals surface area contributed by atoms with E-state index in [1.54, 1.807) is 7.05 Å². The maximum absolute atomic E-state index is 11.2. The monoisotopic (exact) mass is 435 g/mol. The molecular weight excluding hydrogens is 405 g/mol. The van der Waals surface area contributed by atoms with Crippen LogP contribution >= 0.6 is 24.0 Å². The second-order valence-corrected chi connectivity index (χ2v) is 7.85. The first kappa shape index (κ1) is 23.2. The lowest BCUT2D eigenvalue weighted by molar-refractivity contribution is 0.152. The minimum atomic E-state index is -2.91. The molecule has 0 saturated carbocycles. The van der Waals surface area contributed by atoms with Crippen LogP contribution in [-0.2, 0) is 14.6 Å². The number of aliphatic imine (C=N–C) groups is 1. The zero-order chi connectivity index (χ0) is 15.6. The van der Waals surface area contributed by atoms with Gasteiger partial charge in [0.1, 0.15) is 9.84 Å². The topological polar surface area (TPSA) is 79.8 Å². The molecule has 0 heterocycles. The van der Waals surface area contributed by atoms with E-state index in [1.807, 2.05) is 20.8 Å². The van der Waals surface area contributed by atoms with E-state index in [0.717, 1.165) is 0 Å². The van der Waals surface area contributed by atoms with E-state index in [4.69, 9.17) is 4.74 Å². The van der Waals surface area contributed by atoms with Gasteiger partial charge in [0.25, 0.3) is 0 Å². The average molecular weight is 435 g/mol. The molecule has 0 saturated heterocycles. The summed E-state index contributed by atoms with van der Waals surface area (Å²) in [6, 6.07) is 0. The quantitative estimate of drug-likeness (QED) is 0.247. The number of hydrogen-bond acceptors (Lipinski definition) is 4. The molecule has 0 aliphatic rings. The van der Waals surface area contributed by atoms with Crippen molar-refractivity contribution in [1.29, 1.82) is 0 Å². The molecule has 0 aromatic rings. The van der Waals surface area contributed by atoms with Gasteiger partial charge in [-0.1, -0.05) is 13.8 Å². The molecule has 0 amide bonds. The summed E-state index contributed by atoms with van der Waals surface area (Å²) in [4.78, 5) is 4.12. The van der Waals surface area contributed by atoms with Gasteiger partial charge >= 0.3 is 0 Å². The molecule has 0 aromatic carbocycles. The molecule has 0 aliphatic carbocycles. The van der Waals surface area contributed by atoms with E-state index in [0.29, 0.717) is 38.7 Å². The predicted octanol–water partition coefficient (Wildman–Crippen LogP) is 1.27. The van der Waals surface area contributed by atoms with Crippen LogP contribution in [0.25, 0.3) is 0 Å². The number of rotatable bonds is 9. The summed E-state index contributed by atoms with van der Waals surface area (Å²) >= 11 is 0. The molecule has 0 aliphatic heterocycles. The highest BCUT2D eigenvalue weighted by molar-refractivity contribution is 14.0. The Morgan fingerprint density at radius 3 is 2.38 bits per heavy atom. The molecule has 0 unspecified atom stereocenters. The molecule has 2 N–H and O–H groups in total. The molecule has 0 atom stereocenters. The van der Waals surface area contributed by atoms with Crippen molar-refractivity contribution in [2.45, 2.75) is 27.2 Å². The smallest absolute Gasteiger partial charge is 0.191 e. The van der Waals surface area contributed by atoms with Crippen molar-refractivity contribution in [2.24, 2.45) is 10.4 Å². The Balaban J connectivity index is 0. The SMILES string of the molecule is CCOCCNC(=NC)NCC(C)(C)CCS(C)(=O)=O.I. The van der Waals surface area contributed by atoms with Crippen LogP contribution in [0.3, 0.4) is 0 Å². The summed E-state index contributed by atoms with van der Waals surface area (Å²) in [5.74, 6) is 0.912. The molecular formula is C13H30IN3O3S. The van der Waals surface area contributed by atoms with Crippen molar-refractivity contribution in [3.05, 3.63) is 0 Å². The summed E-state index contributed by atoms with van der Waals surface area (Å²) in [5, 5.41) is 6.36. The highest BCUT2D eigenvalue weighted by Gasteiger charge is 2.20. The highest BCUT2D eigenvalue weighted by Crippen LogP contribution is 2.19. The van der Waals surface area contributed by atoms with Gasteiger partial charge in [0.2, 0.25) is 0 Å². The van der Waals surface area contributed by atoms with Crippen LogP contribution in [0.15, 0.2) is 4.99 Å². The van der Waals surface area contributed by atoms with Gasteiger partial charge in [0.05, 0.1) is 12.4 Å². The summed E-state index contributed by atoms with van der Waals surface area (Å²) < 4.78 is 27.6. The Morgan fingerprint density at radius 1 is 1.29 bits per heavy atom. The zero-order valence-corrected chi connectivity index (χ0v) is 16.9. The Labute approximate surface area is 146 Å². The van der Waals surface area contributed by atoms with E-state index in [2.05, 4.69) is 15.6 Å². The van der Waals surface area contributed by atoms with Crippen LogP contribution in [0.2, 0.25) is 0 Å². The van der Waals surface area contributed by atoms with Crippen LogP contribution < -0.4 is 10.6 Å². The van der Waals surface area contributed by atoms with Crippen molar-refractivity contribution in [2.75, 3.05) is 45.4 Å². The van der Waals surface area contributed by atoms with Crippen molar-refractivity contribution in [3.63, 3.8) is 0 Å². The molecule has 8 heteroatoms. The predicted molar refractivity (Wildman–Crippen MR) is 99.4 cm³/mol. The first-order valence-electron chi connectivity index (χ1n) is 6.90. The normalized spacial score (nSPS) is 12.7. The van der Waals surface area contributed by atoms with Crippen LogP contribution in [-0.4, -0.2) is 59.7 Å². The maximum Gasteiger partial charge on any atom is 0.191 e. The molecule has 0 radical (unpaired) electrons. The average Bonchev–Trinajstić information content (AvgIpc) is 2.35. The van der Waals surface area contributed by atoms with Gasteiger partial charge in [-0.3, -0.25) is 4.99 Å². The van der Waals surface area contributed by atoms with Gasteiger partial charge < -0.3 is 15.4 Å². The van der Waals surface area contributed by atoms with Crippen LogP contribution in [0.4, 0.5) is 0 Å². The first-order valence-corrected chi connectivity index (χ1v) is 8.96. The van der Waals surface area contributed by atoms with Crippen molar-refractivity contribution in [1.82, 2.24) is 10.6 Å². The van der Waals surface area contributed by atoms with Gasteiger partial charge in [-0.2, -0.15) is 0 Å². The number of nitrogens with zero attached hydrogens (tertiary/aromatic N) is 1. The fraction of sp³-hybridized carbons (Fsp3) is 0.923. The molecule has 21 heavy (non-hydrogen) atoms. The first-order chi connectivity index (χ1) is 9.20. The fourth-order valence-corrected chi connectivity index (χ4v) is 2.40. The van der Waals surface area contributed by atoms with E-state index >= 15 is 0 Å². The van der Waals surface area contributed by atoms with Crippen molar-refractivity contribution in [3.8, 4) is 0 Å². The van der Waals surface area contributed by atoms with Gasteiger partial charge in [-0.15, -0.1) is 24.0 Å². The largest absolute Gasteiger partial charge is 0.380 e. The molecule has 0 fully saturated rings. The van der Waals surface area contributed by atoms with E-state index in [9.17, 15) is 8.42 Å². The van der Waals surface area contributed by atoms with Crippen molar-refractivity contribution < 1.29 is 13.2 Å². The number of sulfone groups is 1. The number of ether oxygens (including phenoxy) is 1. The summed E-state index contributed by atoms with van der Waals surface area (Å²) in [7, 11) is -1.20. The Hall–Kier alpha value is -0.0900. The zero-order valence-electron chi connectivity index (χ0n) is 13.7. The van der Waals surface area contributed by atoms with Crippen LogP contribution in [0.1, 0.15) is 27.2 Å². The van der Waals surface area contributed by atoms with Crippen LogP contribution in [0, 0.1) is 5.41 Å². The maximum atomic E-state index is 11.2. The lowest BCUT2D eigenvalue weighted by atomic mass is 9.90. The number of hydrogen-bond donors (Lipinski definition) is 2. The van der Waals surface area contributed by atoms with Gasteiger partial charge in [-0.05, 0) is 18.8 Å². The second kappa shape index (κ2) is 11.5. The molecule has 0 aromatic heterocycles. The Morgan fingerprint density at radius 2 is 1.90 bits per heavy atom. The number of nitrogens with one attached hydrogen (secondary N) is 2. The third kappa shape index (κ3) is 14.6. The summed E-state index contributed by atoms with van der Waals surface area (Å²) in [6.45, 7) is 8.73. The minimum Gasteiger partial charge on any atom is -0.380 e. The standard InChI is InChI=1S/C13H29N3O3S.HI/c1-6-19-9-8-15-12(14-4)16-11-13(2,3)7-10-20(5,17)18;/h6-11H2,1-5H3,(H2,14,15,16);1H. The Kier molecular flexibility index (Phi) is 12.7. The molecule has 0 bridgehead atoms. The molecule has 0 rings (SSSR count). The van der Waals surface area contributed by atoms with E-state index < -0.39 is 9.84 Å². The van der Waals surface area contributed by atoms with Gasteiger partial charge in [0.15, 0.2) is 5.96 Å². The van der Waals surface area contributed by atoms with Crippen molar-refractivity contribution >= 4 is 39.8 Å². The third-order valence-electron chi connectivity index (χ3n) is 2.85. The number of halogens is 1. The fourth-order valence-electron chi connectivity index (χ4n) is 1.48. The minimum absolute atomic E-state index is 0. The lowest BCUT2D eigenvalue weighted by Crippen LogP contribution is -2.43. The Bertz CT molecular complexity index is 397. The summed E-state index contributed by atoms with van der Waals surface area (Å²) in [5.41, 5.74) is -0.110. The van der Waals surface area contributed by atoms with E-state index in [-0.39, 0.29) is 35.1 Å². The molecule has 128 valence electrons. The lowest BCUT2D eigenvalue weighted by Gasteiger charge is -2.25. The van der Waals surface area contributed by atoms with E-state index in [1.165, 1.54) is 6.26 Å². The van der Waals surface area contributed by atoms with Gasteiger partial charge in [0, 0.05) is 33.0 Å². The molecule has 0 spiro atoms. The molecule has 6 nitrogen and oxygen atoms in total.